The summed E-state index contributed by atoms with van der Waals surface area (Å²) in [4.78, 5) is 15.0. The predicted molar refractivity (Wildman–Crippen MR) is 89.5 cm³/mol. The largest absolute Gasteiger partial charge is 0.334 e. The molecule has 2 atom stereocenters. The Morgan fingerprint density at radius 2 is 1.79 bits per heavy atom. The van der Waals surface area contributed by atoms with Crippen molar-refractivity contribution in [3.63, 3.8) is 0 Å². The highest BCUT2D eigenvalue weighted by Gasteiger charge is 2.36. The second kappa shape index (κ2) is 6.38. The molecule has 0 radical (unpaired) electrons. The summed E-state index contributed by atoms with van der Waals surface area (Å²) in [5, 5.41) is 4.43. The smallest absolute Gasteiger partial charge is 0.274 e. The minimum atomic E-state index is -0.279. The number of halogens is 1. The molecule has 1 saturated heterocycles. The number of likely N-dealkylation sites (tertiary alicyclic amines) is 1. The van der Waals surface area contributed by atoms with Crippen molar-refractivity contribution in [1.29, 1.82) is 0 Å². The van der Waals surface area contributed by atoms with Crippen LogP contribution >= 0.6 is 0 Å². The third-order valence-electron chi connectivity index (χ3n) is 5.40. The molecule has 1 aliphatic heterocycles. The molecule has 2 aliphatic rings. The van der Waals surface area contributed by atoms with Crippen molar-refractivity contribution >= 4 is 5.91 Å². The number of carbonyl (C=O) groups excluding carboxylic acids is 1. The van der Waals surface area contributed by atoms with Gasteiger partial charge in [-0.15, -0.1) is 0 Å². The number of hydrogen-bond acceptors (Lipinski definition) is 2. The van der Waals surface area contributed by atoms with Crippen molar-refractivity contribution < 1.29 is 9.18 Å². The summed E-state index contributed by atoms with van der Waals surface area (Å²) in [5.41, 5.74) is 1.23. The van der Waals surface area contributed by atoms with Crippen molar-refractivity contribution in [2.75, 3.05) is 6.54 Å². The molecule has 2 unspecified atom stereocenters. The number of nitrogens with zero attached hydrogens (tertiary/aromatic N) is 3. The first-order chi connectivity index (χ1) is 11.7. The molecule has 0 bridgehead atoms. The van der Waals surface area contributed by atoms with Crippen LogP contribution < -0.4 is 0 Å². The molecule has 4 nitrogen and oxygen atoms in total. The van der Waals surface area contributed by atoms with Crippen LogP contribution in [-0.4, -0.2) is 33.2 Å². The molecule has 5 heteroatoms. The maximum atomic E-state index is 13.0. The van der Waals surface area contributed by atoms with Gasteiger partial charge < -0.3 is 4.90 Å². The van der Waals surface area contributed by atoms with Gasteiger partial charge in [-0.25, -0.2) is 9.07 Å². The zero-order chi connectivity index (χ0) is 16.5. The fourth-order valence-electron chi connectivity index (χ4n) is 4.20. The molecule has 0 N–H and O–H groups in total. The van der Waals surface area contributed by atoms with E-state index in [4.69, 9.17) is 0 Å². The quantitative estimate of drug-likeness (QED) is 0.841. The number of rotatable bonds is 2. The molecular formula is C19H22FN3O. The van der Waals surface area contributed by atoms with Crippen LogP contribution in [0.5, 0.6) is 0 Å². The van der Waals surface area contributed by atoms with Crippen molar-refractivity contribution in [1.82, 2.24) is 14.7 Å². The van der Waals surface area contributed by atoms with Gasteiger partial charge in [0.2, 0.25) is 0 Å². The Balaban J connectivity index is 1.55. The summed E-state index contributed by atoms with van der Waals surface area (Å²) in [6, 6.07) is 8.27. The van der Waals surface area contributed by atoms with Gasteiger partial charge in [0.25, 0.3) is 5.91 Å². The molecule has 1 aliphatic carbocycles. The summed E-state index contributed by atoms with van der Waals surface area (Å²) >= 11 is 0. The highest BCUT2D eigenvalue weighted by Crippen LogP contribution is 2.35. The van der Waals surface area contributed by atoms with E-state index >= 15 is 0 Å². The molecule has 1 saturated carbocycles. The molecule has 0 spiro atoms. The molecule has 1 aromatic heterocycles. The number of amides is 1. The topological polar surface area (TPSA) is 38.1 Å². The van der Waals surface area contributed by atoms with E-state index in [1.54, 1.807) is 29.1 Å². The van der Waals surface area contributed by atoms with Gasteiger partial charge in [0.1, 0.15) is 5.82 Å². The van der Waals surface area contributed by atoms with Crippen LogP contribution in [0.4, 0.5) is 4.39 Å². The Morgan fingerprint density at radius 1 is 1.04 bits per heavy atom. The zero-order valence-corrected chi connectivity index (χ0v) is 13.7. The van der Waals surface area contributed by atoms with Crippen molar-refractivity contribution in [2.45, 2.75) is 44.6 Å². The minimum absolute atomic E-state index is 0.0347. The van der Waals surface area contributed by atoms with Crippen LogP contribution in [0.3, 0.4) is 0 Å². The summed E-state index contributed by atoms with van der Waals surface area (Å²) in [6.45, 7) is 0.837. The summed E-state index contributed by atoms with van der Waals surface area (Å²) in [6.07, 6.45) is 8.98. The summed E-state index contributed by atoms with van der Waals surface area (Å²) in [5.74, 6) is 0.418. The van der Waals surface area contributed by atoms with Crippen molar-refractivity contribution in [3.8, 4) is 5.69 Å². The number of fused-ring (bicyclic) bond motifs is 1. The fourth-order valence-corrected chi connectivity index (χ4v) is 4.20. The van der Waals surface area contributed by atoms with Crippen LogP contribution in [0.15, 0.2) is 36.5 Å². The van der Waals surface area contributed by atoms with Gasteiger partial charge in [0.05, 0.1) is 5.69 Å². The molecule has 1 aromatic carbocycles. The molecular weight excluding hydrogens is 305 g/mol. The first kappa shape index (κ1) is 15.4. The summed E-state index contributed by atoms with van der Waals surface area (Å²) < 4.78 is 14.7. The van der Waals surface area contributed by atoms with Gasteiger partial charge in [0.15, 0.2) is 5.69 Å². The lowest BCUT2D eigenvalue weighted by Gasteiger charge is -2.43. The standard InChI is InChI=1S/C19H22FN3O/c20-15-7-9-16(10-8-15)23-13-11-17(21-23)19(24)22-12-3-5-14-4-1-2-6-18(14)22/h7-11,13-14,18H,1-6,12H2. The fraction of sp³-hybridized carbons (Fsp3) is 0.474. The monoisotopic (exact) mass is 327 g/mol. The number of aromatic nitrogens is 2. The number of hydrogen-bond donors (Lipinski definition) is 0. The van der Waals surface area contributed by atoms with E-state index in [2.05, 4.69) is 5.10 Å². The van der Waals surface area contributed by atoms with Gasteiger partial charge in [-0.2, -0.15) is 5.10 Å². The molecule has 126 valence electrons. The lowest BCUT2D eigenvalue weighted by molar-refractivity contribution is 0.0385. The van der Waals surface area contributed by atoms with Crippen LogP contribution in [0.1, 0.15) is 49.0 Å². The van der Waals surface area contributed by atoms with Gasteiger partial charge in [0, 0.05) is 18.8 Å². The van der Waals surface area contributed by atoms with Gasteiger partial charge >= 0.3 is 0 Å². The molecule has 2 aromatic rings. The third-order valence-corrected chi connectivity index (χ3v) is 5.40. The van der Waals surface area contributed by atoms with E-state index in [1.807, 2.05) is 4.90 Å². The predicted octanol–water partition coefficient (Wildman–Crippen LogP) is 3.81. The van der Waals surface area contributed by atoms with E-state index < -0.39 is 0 Å². The van der Waals surface area contributed by atoms with E-state index in [1.165, 1.54) is 37.8 Å². The zero-order valence-electron chi connectivity index (χ0n) is 13.7. The van der Waals surface area contributed by atoms with Gasteiger partial charge in [-0.3, -0.25) is 4.79 Å². The number of piperidine rings is 1. The molecule has 4 rings (SSSR count). The minimum Gasteiger partial charge on any atom is -0.334 e. The normalized spacial score (nSPS) is 23.8. The van der Waals surface area contributed by atoms with E-state index in [0.717, 1.165) is 25.1 Å². The maximum absolute atomic E-state index is 13.0. The first-order valence-electron chi connectivity index (χ1n) is 8.85. The average molecular weight is 327 g/mol. The molecule has 24 heavy (non-hydrogen) atoms. The lowest BCUT2D eigenvalue weighted by Crippen LogP contribution is -2.49. The Morgan fingerprint density at radius 3 is 2.62 bits per heavy atom. The van der Waals surface area contributed by atoms with Gasteiger partial charge in [-0.05, 0) is 61.9 Å². The Kier molecular flexibility index (Phi) is 4.08. The number of benzene rings is 1. The number of carbonyl (C=O) groups is 1. The SMILES string of the molecule is O=C(c1ccn(-c2ccc(F)cc2)n1)N1CCCC2CCCCC21. The Labute approximate surface area is 141 Å². The second-order valence-corrected chi connectivity index (χ2v) is 6.87. The highest BCUT2D eigenvalue weighted by atomic mass is 19.1. The van der Waals surface area contributed by atoms with Crippen LogP contribution in [0.2, 0.25) is 0 Å². The van der Waals surface area contributed by atoms with Gasteiger partial charge in [-0.1, -0.05) is 12.8 Å². The highest BCUT2D eigenvalue weighted by molar-refractivity contribution is 5.92. The second-order valence-electron chi connectivity index (χ2n) is 6.87. The molecule has 2 heterocycles. The maximum Gasteiger partial charge on any atom is 0.274 e. The Bertz CT molecular complexity index is 722. The lowest BCUT2D eigenvalue weighted by atomic mass is 9.78. The molecule has 1 amide bonds. The van der Waals surface area contributed by atoms with Crippen molar-refractivity contribution in [3.05, 3.63) is 48.0 Å². The first-order valence-corrected chi connectivity index (χ1v) is 8.85. The van der Waals surface area contributed by atoms with E-state index in [0.29, 0.717) is 17.7 Å². The Hall–Kier alpha value is -2.17. The van der Waals surface area contributed by atoms with Crippen LogP contribution in [-0.2, 0) is 0 Å². The van der Waals surface area contributed by atoms with E-state index in [-0.39, 0.29) is 11.7 Å². The molecule has 2 fully saturated rings. The third kappa shape index (κ3) is 2.83. The average Bonchev–Trinajstić information content (AvgIpc) is 3.11. The van der Waals surface area contributed by atoms with Crippen LogP contribution in [0, 0.1) is 11.7 Å². The van der Waals surface area contributed by atoms with E-state index in [9.17, 15) is 9.18 Å². The summed E-state index contributed by atoms with van der Waals surface area (Å²) in [7, 11) is 0. The van der Waals surface area contributed by atoms with Crippen molar-refractivity contribution in [2.24, 2.45) is 5.92 Å². The van der Waals surface area contributed by atoms with Crippen LogP contribution in [0.25, 0.3) is 5.69 Å².